The molecule has 1 rings (SSSR count). The number of carbonyl (C=O) groups excluding carboxylic acids is 1. The average molecular weight is 287 g/mol. The molecule has 0 aliphatic carbocycles. The van der Waals surface area contributed by atoms with E-state index >= 15 is 0 Å². The van der Waals surface area contributed by atoms with Gasteiger partial charge in [0.15, 0.2) is 6.10 Å². The first kappa shape index (κ1) is 15.8. The van der Waals surface area contributed by atoms with Crippen molar-refractivity contribution < 1.29 is 14.3 Å². The fraction of sp³-hybridized carbons (Fsp3) is 0.462. The van der Waals surface area contributed by atoms with Crippen LogP contribution in [0.2, 0.25) is 5.02 Å². The lowest BCUT2D eigenvalue weighted by molar-refractivity contribution is -0.127. The predicted octanol–water partition coefficient (Wildman–Crippen LogP) is 1.33. The zero-order valence-electron chi connectivity index (χ0n) is 11.1. The maximum absolute atomic E-state index is 11.8. The van der Waals surface area contributed by atoms with Crippen LogP contribution >= 0.6 is 11.6 Å². The standard InChI is InChI=1S/C13H19ClN2O3/c1-9(13(17)16-6-7-18-2)19-12-5-3-4-11(14)10(12)8-15/h3-5,9H,6-8,15H2,1-2H3,(H,16,17). The number of rotatable bonds is 7. The van der Waals surface area contributed by atoms with E-state index in [2.05, 4.69) is 5.32 Å². The Bertz CT molecular complexity index is 426. The minimum absolute atomic E-state index is 0.208. The molecule has 1 unspecified atom stereocenters. The van der Waals surface area contributed by atoms with Gasteiger partial charge in [-0.2, -0.15) is 0 Å². The second kappa shape index (κ2) is 7.99. The Labute approximate surface area is 118 Å². The van der Waals surface area contributed by atoms with Crippen molar-refractivity contribution in [1.82, 2.24) is 5.32 Å². The van der Waals surface area contributed by atoms with Crippen LogP contribution in [0.1, 0.15) is 12.5 Å². The van der Waals surface area contributed by atoms with E-state index in [1.807, 2.05) is 0 Å². The molecule has 0 saturated heterocycles. The molecule has 1 amide bonds. The van der Waals surface area contributed by atoms with Crippen LogP contribution in [0.5, 0.6) is 5.75 Å². The summed E-state index contributed by atoms with van der Waals surface area (Å²) in [5, 5.41) is 3.24. The van der Waals surface area contributed by atoms with Crippen LogP contribution in [0.3, 0.4) is 0 Å². The molecule has 0 aromatic heterocycles. The Morgan fingerprint density at radius 1 is 1.53 bits per heavy atom. The molecule has 1 aromatic rings. The van der Waals surface area contributed by atoms with E-state index in [4.69, 9.17) is 26.8 Å². The normalized spacial score (nSPS) is 12.0. The van der Waals surface area contributed by atoms with Crippen LogP contribution in [-0.2, 0) is 16.1 Å². The number of hydrogen-bond acceptors (Lipinski definition) is 4. The van der Waals surface area contributed by atoms with E-state index in [9.17, 15) is 4.79 Å². The molecule has 1 atom stereocenters. The molecule has 0 radical (unpaired) electrons. The molecular weight excluding hydrogens is 268 g/mol. The molecule has 3 N–H and O–H groups in total. The van der Waals surface area contributed by atoms with Crippen molar-refractivity contribution in [2.24, 2.45) is 5.73 Å². The van der Waals surface area contributed by atoms with Gasteiger partial charge in [0.1, 0.15) is 5.75 Å². The van der Waals surface area contributed by atoms with Crippen LogP contribution in [0.4, 0.5) is 0 Å². The Balaban J connectivity index is 2.63. The van der Waals surface area contributed by atoms with Gasteiger partial charge in [0.25, 0.3) is 5.91 Å². The maximum Gasteiger partial charge on any atom is 0.260 e. The topological polar surface area (TPSA) is 73.6 Å². The van der Waals surface area contributed by atoms with Gasteiger partial charge in [0.2, 0.25) is 0 Å². The number of nitrogens with one attached hydrogen (secondary N) is 1. The average Bonchev–Trinajstić information content (AvgIpc) is 2.39. The van der Waals surface area contributed by atoms with Crippen molar-refractivity contribution in [3.63, 3.8) is 0 Å². The van der Waals surface area contributed by atoms with Gasteiger partial charge in [-0.05, 0) is 19.1 Å². The van der Waals surface area contributed by atoms with Crippen molar-refractivity contribution in [2.75, 3.05) is 20.3 Å². The summed E-state index contributed by atoms with van der Waals surface area (Å²) < 4.78 is 10.4. The van der Waals surface area contributed by atoms with Gasteiger partial charge >= 0.3 is 0 Å². The fourth-order valence-electron chi connectivity index (χ4n) is 1.51. The zero-order chi connectivity index (χ0) is 14.3. The Morgan fingerprint density at radius 3 is 2.89 bits per heavy atom. The van der Waals surface area contributed by atoms with Gasteiger partial charge in [0.05, 0.1) is 6.61 Å². The first-order chi connectivity index (χ1) is 9.10. The van der Waals surface area contributed by atoms with E-state index in [0.717, 1.165) is 0 Å². The highest BCUT2D eigenvalue weighted by atomic mass is 35.5. The van der Waals surface area contributed by atoms with E-state index in [0.29, 0.717) is 29.5 Å². The SMILES string of the molecule is COCCNC(=O)C(C)Oc1cccc(Cl)c1CN. The summed E-state index contributed by atoms with van der Waals surface area (Å²) in [6, 6.07) is 5.24. The largest absolute Gasteiger partial charge is 0.481 e. The van der Waals surface area contributed by atoms with Crippen molar-refractivity contribution >= 4 is 17.5 Å². The van der Waals surface area contributed by atoms with E-state index in [-0.39, 0.29) is 12.5 Å². The second-order valence-corrected chi connectivity index (χ2v) is 4.37. The number of benzene rings is 1. The van der Waals surface area contributed by atoms with Crippen LogP contribution in [0, 0.1) is 0 Å². The summed E-state index contributed by atoms with van der Waals surface area (Å²) >= 11 is 6.02. The molecule has 19 heavy (non-hydrogen) atoms. The molecule has 0 fully saturated rings. The number of carbonyl (C=O) groups is 1. The molecular formula is C13H19ClN2O3. The minimum Gasteiger partial charge on any atom is -0.481 e. The van der Waals surface area contributed by atoms with Crippen molar-refractivity contribution in [3.05, 3.63) is 28.8 Å². The van der Waals surface area contributed by atoms with Crippen LogP contribution in [0.15, 0.2) is 18.2 Å². The van der Waals surface area contributed by atoms with Crippen molar-refractivity contribution in [2.45, 2.75) is 19.6 Å². The molecule has 0 spiro atoms. The van der Waals surface area contributed by atoms with Crippen LogP contribution in [-0.4, -0.2) is 32.3 Å². The maximum atomic E-state index is 11.8. The van der Waals surface area contributed by atoms with Crippen LogP contribution < -0.4 is 15.8 Å². The lowest BCUT2D eigenvalue weighted by Crippen LogP contribution is -2.38. The summed E-state index contributed by atoms with van der Waals surface area (Å²) in [6.07, 6.45) is -0.624. The molecule has 6 heteroatoms. The first-order valence-electron chi connectivity index (χ1n) is 6.01. The number of methoxy groups -OCH3 is 1. The van der Waals surface area contributed by atoms with Gasteiger partial charge in [-0.1, -0.05) is 17.7 Å². The minimum atomic E-state index is -0.624. The van der Waals surface area contributed by atoms with Crippen molar-refractivity contribution in [1.29, 1.82) is 0 Å². The summed E-state index contributed by atoms with van der Waals surface area (Å²) in [4.78, 5) is 11.8. The van der Waals surface area contributed by atoms with Gasteiger partial charge in [-0.3, -0.25) is 4.79 Å². The Hall–Kier alpha value is -1.30. The quantitative estimate of drug-likeness (QED) is 0.742. The molecule has 106 valence electrons. The highest BCUT2D eigenvalue weighted by Crippen LogP contribution is 2.26. The Kier molecular flexibility index (Phi) is 6.62. The Morgan fingerprint density at radius 2 is 2.26 bits per heavy atom. The number of halogens is 1. The zero-order valence-corrected chi connectivity index (χ0v) is 11.9. The predicted molar refractivity (Wildman–Crippen MR) is 74.3 cm³/mol. The van der Waals surface area contributed by atoms with Gasteiger partial charge in [-0.15, -0.1) is 0 Å². The van der Waals surface area contributed by atoms with E-state index in [1.54, 1.807) is 32.2 Å². The van der Waals surface area contributed by atoms with E-state index in [1.165, 1.54) is 0 Å². The number of hydrogen-bond donors (Lipinski definition) is 2. The lowest BCUT2D eigenvalue weighted by Gasteiger charge is -2.17. The van der Waals surface area contributed by atoms with Crippen molar-refractivity contribution in [3.8, 4) is 5.75 Å². The summed E-state index contributed by atoms with van der Waals surface area (Å²) in [5.41, 5.74) is 6.32. The molecule has 0 aliphatic rings. The number of amides is 1. The molecule has 0 saturated carbocycles. The highest BCUT2D eigenvalue weighted by Gasteiger charge is 2.16. The molecule has 0 aliphatic heterocycles. The number of nitrogens with two attached hydrogens (primary N) is 1. The van der Waals surface area contributed by atoms with Gasteiger partial charge in [-0.25, -0.2) is 0 Å². The van der Waals surface area contributed by atoms with Gasteiger partial charge < -0.3 is 20.5 Å². The third kappa shape index (κ3) is 4.70. The lowest BCUT2D eigenvalue weighted by atomic mass is 10.2. The highest BCUT2D eigenvalue weighted by molar-refractivity contribution is 6.31. The summed E-state index contributed by atoms with van der Waals surface area (Å²) in [6.45, 7) is 2.84. The second-order valence-electron chi connectivity index (χ2n) is 3.96. The molecule has 1 aromatic carbocycles. The summed E-state index contributed by atoms with van der Waals surface area (Å²) in [5.74, 6) is 0.324. The van der Waals surface area contributed by atoms with Gasteiger partial charge in [0, 0.05) is 30.8 Å². The smallest absolute Gasteiger partial charge is 0.260 e. The summed E-state index contributed by atoms with van der Waals surface area (Å²) in [7, 11) is 1.57. The molecule has 5 nitrogen and oxygen atoms in total. The third-order valence-electron chi connectivity index (χ3n) is 2.56. The molecule has 0 bridgehead atoms. The first-order valence-corrected chi connectivity index (χ1v) is 6.38. The third-order valence-corrected chi connectivity index (χ3v) is 2.91. The van der Waals surface area contributed by atoms with E-state index < -0.39 is 6.10 Å². The molecule has 0 heterocycles. The monoisotopic (exact) mass is 286 g/mol. The fourth-order valence-corrected chi connectivity index (χ4v) is 1.75. The number of ether oxygens (including phenoxy) is 2. The van der Waals surface area contributed by atoms with Crippen LogP contribution in [0.25, 0.3) is 0 Å².